The van der Waals surface area contributed by atoms with Crippen LogP contribution in [-0.2, 0) is 11.3 Å². The van der Waals surface area contributed by atoms with Gasteiger partial charge in [0.2, 0.25) is 5.91 Å². The van der Waals surface area contributed by atoms with Crippen LogP contribution in [0, 0.1) is 5.82 Å². The Hall–Kier alpha value is -3.20. The first kappa shape index (κ1) is 18.6. The average Bonchev–Trinajstić information content (AvgIpc) is 3.27. The van der Waals surface area contributed by atoms with Gasteiger partial charge in [0.15, 0.2) is 5.69 Å². The predicted molar refractivity (Wildman–Crippen MR) is 95.3 cm³/mol. The third kappa shape index (κ3) is 4.14. The number of amides is 1. The van der Waals surface area contributed by atoms with E-state index in [0.29, 0.717) is 11.3 Å². The summed E-state index contributed by atoms with van der Waals surface area (Å²) in [4.78, 5) is 23.2. The molecule has 3 aromatic rings. The normalized spacial score (nSPS) is 12.0. The number of nitrogens with one attached hydrogen (secondary N) is 1. The van der Waals surface area contributed by atoms with Crippen LogP contribution in [0.25, 0.3) is 0 Å². The van der Waals surface area contributed by atoms with E-state index in [1.54, 1.807) is 19.2 Å². The van der Waals surface area contributed by atoms with E-state index in [1.165, 1.54) is 40.0 Å². The number of carbonyl (C=O) groups excluding carboxylic acids is 1. The Bertz CT molecular complexity index is 980. The Morgan fingerprint density at radius 3 is 2.81 bits per heavy atom. The molecule has 2 N–H and O–H groups in total. The molecule has 0 fully saturated rings. The van der Waals surface area contributed by atoms with E-state index in [4.69, 9.17) is 16.7 Å². The minimum atomic E-state index is -1.17. The topological polar surface area (TPSA) is 102 Å². The molecule has 2 heterocycles. The average molecular weight is 392 g/mol. The highest BCUT2D eigenvalue weighted by Gasteiger charge is 2.18. The molecule has 0 radical (unpaired) electrons. The van der Waals surface area contributed by atoms with Crippen LogP contribution in [0.5, 0.6) is 0 Å². The Labute approximate surface area is 158 Å². The Morgan fingerprint density at radius 1 is 1.37 bits per heavy atom. The summed E-state index contributed by atoms with van der Waals surface area (Å²) in [6, 6.07) is 4.99. The molecule has 0 aliphatic rings. The van der Waals surface area contributed by atoms with Gasteiger partial charge in [-0.25, -0.2) is 9.18 Å². The van der Waals surface area contributed by atoms with Crippen LogP contribution in [-0.4, -0.2) is 36.5 Å². The zero-order chi connectivity index (χ0) is 19.6. The van der Waals surface area contributed by atoms with Crippen molar-refractivity contribution < 1.29 is 19.1 Å². The molecular formula is C17H15ClFN5O3. The van der Waals surface area contributed by atoms with Gasteiger partial charge in [-0.1, -0.05) is 17.7 Å². The molecule has 1 aromatic carbocycles. The van der Waals surface area contributed by atoms with Crippen molar-refractivity contribution in [2.75, 3.05) is 5.32 Å². The van der Waals surface area contributed by atoms with Gasteiger partial charge >= 0.3 is 5.97 Å². The fourth-order valence-corrected chi connectivity index (χ4v) is 2.62. The molecule has 0 aliphatic heterocycles. The van der Waals surface area contributed by atoms with E-state index in [2.05, 4.69) is 15.5 Å². The predicted octanol–water partition coefficient (Wildman–Crippen LogP) is 2.82. The number of aromatic carboxylic acids is 1. The second kappa shape index (κ2) is 7.58. The monoisotopic (exact) mass is 391 g/mol. The number of anilines is 1. The molecule has 0 saturated carbocycles. The maximum atomic E-state index is 13.9. The van der Waals surface area contributed by atoms with E-state index in [-0.39, 0.29) is 17.3 Å². The zero-order valence-electron chi connectivity index (χ0n) is 14.1. The minimum absolute atomic E-state index is 0.109. The second-order valence-corrected chi connectivity index (χ2v) is 6.19. The Balaban J connectivity index is 1.67. The number of carboxylic acids is 1. The van der Waals surface area contributed by atoms with Crippen LogP contribution in [0.1, 0.15) is 29.0 Å². The van der Waals surface area contributed by atoms with Crippen LogP contribution in [0.2, 0.25) is 5.02 Å². The molecule has 0 aliphatic carbocycles. The lowest BCUT2D eigenvalue weighted by molar-refractivity contribution is -0.119. The minimum Gasteiger partial charge on any atom is -0.476 e. The second-order valence-electron chi connectivity index (χ2n) is 5.78. The number of nitrogens with zero attached hydrogens (tertiary/aromatic N) is 4. The maximum Gasteiger partial charge on any atom is 0.356 e. The smallest absolute Gasteiger partial charge is 0.356 e. The van der Waals surface area contributed by atoms with Crippen molar-refractivity contribution in [1.29, 1.82) is 0 Å². The van der Waals surface area contributed by atoms with Crippen molar-refractivity contribution in [2.24, 2.45) is 0 Å². The highest BCUT2D eigenvalue weighted by molar-refractivity contribution is 6.31. The molecule has 1 atom stereocenters. The van der Waals surface area contributed by atoms with Crippen molar-refractivity contribution in [3.8, 4) is 0 Å². The quantitative estimate of drug-likeness (QED) is 0.672. The molecule has 1 amide bonds. The summed E-state index contributed by atoms with van der Waals surface area (Å²) in [7, 11) is 0. The van der Waals surface area contributed by atoms with Crippen molar-refractivity contribution in [1.82, 2.24) is 19.6 Å². The Kier molecular flexibility index (Phi) is 5.22. The van der Waals surface area contributed by atoms with Gasteiger partial charge in [-0.2, -0.15) is 10.2 Å². The highest BCUT2D eigenvalue weighted by atomic mass is 35.5. The Morgan fingerprint density at radius 2 is 2.15 bits per heavy atom. The van der Waals surface area contributed by atoms with Gasteiger partial charge in [-0.15, -0.1) is 0 Å². The number of benzene rings is 1. The molecule has 2 aromatic heterocycles. The summed E-state index contributed by atoms with van der Waals surface area (Å²) in [5, 5.41) is 19.8. The van der Waals surface area contributed by atoms with E-state index in [1.807, 2.05) is 0 Å². The van der Waals surface area contributed by atoms with Crippen molar-refractivity contribution in [3.05, 3.63) is 65.0 Å². The molecular weight excluding hydrogens is 377 g/mol. The summed E-state index contributed by atoms with van der Waals surface area (Å²) in [5.41, 5.74) is 0.556. The first-order valence-electron chi connectivity index (χ1n) is 7.90. The van der Waals surface area contributed by atoms with E-state index < -0.39 is 23.7 Å². The lowest BCUT2D eigenvalue weighted by Gasteiger charge is -2.11. The van der Waals surface area contributed by atoms with Crippen molar-refractivity contribution in [2.45, 2.75) is 19.5 Å². The number of halogens is 2. The number of hydrogen-bond acceptors (Lipinski definition) is 4. The summed E-state index contributed by atoms with van der Waals surface area (Å²) < 4.78 is 16.6. The number of rotatable bonds is 6. The van der Waals surface area contributed by atoms with Crippen LogP contribution in [0.3, 0.4) is 0 Å². The van der Waals surface area contributed by atoms with Gasteiger partial charge in [0, 0.05) is 23.0 Å². The first-order valence-corrected chi connectivity index (χ1v) is 8.27. The SMILES string of the molecule is CC(C(=O)Nc1cnn(Cc2c(F)cccc2Cl)c1)n1ccc(C(=O)O)n1. The molecule has 140 valence electrons. The fourth-order valence-electron chi connectivity index (χ4n) is 2.39. The molecule has 8 nitrogen and oxygen atoms in total. The summed E-state index contributed by atoms with van der Waals surface area (Å²) in [5.74, 6) is -2.02. The summed E-state index contributed by atoms with van der Waals surface area (Å²) >= 11 is 6.00. The first-order chi connectivity index (χ1) is 12.8. The van der Waals surface area contributed by atoms with Crippen molar-refractivity contribution in [3.63, 3.8) is 0 Å². The van der Waals surface area contributed by atoms with Crippen LogP contribution >= 0.6 is 11.6 Å². The van der Waals surface area contributed by atoms with Crippen LogP contribution < -0.4 is 5.32 Å². The standard InChI is InChI=1S/C17H15ClFN5O3/c1-10(24-6-5-15(22-24)17(26)27)16(25)21-11-7-20-23(8-11)9-12-13(18)3-2-4-14(12)19/h2-8,10H,9H2,1H3,(H,21,25)(H,26,27). The molecule has 3 rings (SSSR count). The zero-order valence-corrected chi connectivity index (χ0v) is 14.9. The van der Waals surface area contributed by atoms with Gasteiger partial charge in [-0.3, -0.25) is 14.2 Å². The highest BCUT2D eigenvalue weighted by Crippen LogP contribution is 2.20. The van der Waals surface area contributed by atoms with Crippen molar-refractivity contribution >= 4 is 29.2 Å². The number of carbonyl (C=O) groups is 2. The van der Waals surface area contributed by atoms with Gasteiger partial charge in [0.05, 0.1) is 18.4 Å². The third-order valence-corrected chi connectivity index (χ3v) is 4.24. The van der Waals surface area contributed by atoms with E-state index in [0.717, 1.165) is 0 Å². The molecule has 27 heavy (non-hydrogen) atoms. The van der Waals surface area contributed by atoms with Crippen LogP contribution in [0.4, 0.5) is 10.1 Å². The number of carboxylic acid groups (broad SMARTS) is 1. The molecule has 10 heteroatoms. The van der Waals surface area contributed by atoms with Gasteiger partial charge in [0.1, 0.15) is 11.9 Å². The lowest BCUT2D eigenvalue weighted by atomic mass is 10.2. The van der Waals surface area contributed by atoms with E-state index in [9.17, 15) is 14.0 Å². The van der Waals surface area contributed by atoms with Gasteiger partial charge in [0.25, 0.3) is 0 Å². The maximum absolute atomic E-state index is 13.9. The van der Waals surface area contributed by atoms with Gasteiger partial charge in [-0.05, 0) is 25.1 Å². The third-order valence-electron chi connectivity index (χ3n) is 3.89. The molecule has 0 bridgehead atoms. The number of hydrogen-bond donors (Lipinski definition) is 2. The molecule has 0 saturated heterocycles. The largest absolute Gasteiger partial charge is 0.476 e. The van der Waals surface area contributed by atoms with Crippen LogP contribution in [0.15, 0.2) is 42.9 Å². The number of aromatic nitrogens is 4. The summed E-state index contributed by atoms with van der Waals surface area (Å²) in [6.45, 7) is 1.69. The molecule has 0 spiro atoms. The van der Waals surface area contributed by atoms with E-state index >= 15 is 0 Å². The molecule has 1 unspecified atom stereocenters. The van der Waals surface area contributed by atoms with Gasteiger partial charge < -0.3 is 10.4 Å². The lowest BCUT2D eigenvalue weighted by Crippen LogP contribution is -2.24. The fraction of sp³-hybridized carbons (Fsp3) is 0.176. The summed E-state index contributed by atoms with van der Waals surface area (Å²) in [6.07, 6.45) is 4.38.